The average molecular weight is 276 g/mol. The Morgan fingerprint density at radius 2 is 1.53 bits per heavy atom. The molecule has 19 heavy (non-hydrogen) atoms. The summed E-state index contributed by atoms with van der Waals surface area (Å²) in [5.74, 6) is -5.37. The van der Waals surface area contributed by atoms with Crippen molar-refractivity contribution in [3.05, 3.63) is 0 Å². The zero-order valence-electron chi connectivity index (χ0n) is 12.0. The third kappa shape index (κ3) is 8.15. The first-order valence-corrected chi connectivity index (χ1v) is 6.95. The smallest absolute Gasteiger partial charge is 0.308 e. The van der Waals surface area contributed by atoms with Crippen LogP contribution < -0.4 is 11.5 Å². The van der Waals surface area contributed by atoms with Crippen molar-refractivity contribution in [2.75, 3.05) is 0 Å². The van der Waals surface area contributed by atoms with E-state index in [0.29, 0.717) is 6.42 Å². The van der Waals surface area contributed by atoms with Gasteiger partial charge in [-0.3, -0.25) is 16.3 Å². The van der Waals surface area contributed by atoms with Gasteiger partial charge in [0.1, 0.15) is 0 Å². The first kappa shape index (κ1) is 18.3. The Morgan fingerprint density at radius 1 is 1.05 bits per heavy atom. The molecule has 0 radical (unpaired) electrons. The van der Waals surface area contributed by atoms with Crippen molar-refractivity contribution in [3.8, 4) is 0 Å². The fourth-order valence-corrected chi connectivity index (χ4v) is 1.56. The number of hydrogen-bond acceptors (Lipinski definition) is 6. The van der Waals surface area contributed by atoms with E-state index in [1.807, 2.05) is 0 Å². The van der Waals surface area contributed by atoms with Gasteiger partial charge < -0.3 is 14.9 Å². The molecule has 0 atom stereocenters. The van der Waals surface area contributed by atoms with Crippen molar-refractivity contribution in [2.24, 2.45) is 11.5 Å². The summed E-state index contributed by atoms with van der Waals surface area (Å²) in [5, 5.41) is 18.4. The van der Waals surface area contributed by atoms with Crippen LogP contribution in [0.15, 0.2) is 0 Å². The van der Waals surface area contributed by atoms with E-state index in [1.54, 1.807) is 0 Å². The maximum atomic E-state index is 11.4. The third-order valence-electron chi connectivity index (χ3n) is 3.01. The lowest BCUT2D eigenvalue weighted by Crippen LogP contribution is -2.68. The van der Waals surface area contributed by atoms with Crippen LogP contribution >= 0.6 is 0 Å². The lowest BCUT2D eigenvalue weighted by molar-refractivity contribution is -0.269. The van der Waals surface area contributed by atoms with Gasteiger partial charge in [0.2, 0.25) is 5.79 Å². The van der Waals surface area contributed by atoms with Crippen LogP contribution in [-0.4, -0.2) is 27.8 Å². The number of esters is 1. The summed E-state index contributed by atoms with van der Waals surface area (Å²) in [6.45, 7) is 3.13. The molecule has 0 fully saturated rings. The number of nitrogens with two attached hydrogens (primary N) is 2. The Morgan fingerprint density at radius 3 is 2.00 bits per heavy atom. The first-order chi connectivity index (χ1) is 8.70. The molecule has 0 aliphatic rings. The van der Waals surface area contributed by atoms with Crippen LogP contribution in [0.5, 0.6) is 0 Å². The van der Waals surface area contributed by atoms with E-state index in [9.17, 15) is 15.0 Å². The number of ether oxygens (including phenoxy) is 1. The average Bonchev–Trinajstić information content (AvgIpc) is 2.25. The molecule has 0 aromatic rings. The molecular formula is C13H28N2O4. The molecule has 0 saturated carbocycles. The predicted molar refractivity (Wildman–Crippen MR) is 72.7 cm³/mol. The van der Waals surface area contributed by atoms with Crippen molar-refractivity contribution in [1.29, 1.82) is 0 Å². The fraction of sp³-hybridized carbons (Fsp3) is 0.923. The lowest BCUT2D eigenvalue weighted by atomic mass is 10.1. The van der Waals surface area contributed by atoms with E-state index >= 15 is 0 Å². The highest BCUT2D eigenvalue weighted by atomic mass is 16.6. The highest BCUT2D eigenvalue weighted by molar-refractivity contribution is 5.69. The molecule has 114 valence electrons. The van der Waals surface area contributed by atoms with Gasteiger partial charge in [0.15, 0.2) is 0 Å². The van der Waals surface area contributed by atoms with Crippen LogP contribution in [0, 0.1) is 0 Å². The molecule has 0 aliphatic heterocycles. The van der Waals surface area contributed by atoms with Gasteiger partial charge in [0.25, 0.3) is 5.85 Å². The summed E-state index contributed by atoms with van der Waals surface area (Å²) < 4.78 is 4.66. The second-order valence-corrected chi connectivity index (χ2v) is 5.16. The molecule has 0 unspecified atom stereocenters. The number of carbonyl (C=O) groups excluding carboxylic acids is 1. The van der Waals surface area contributed by atoms with Gasteiger partial charge in [-0.15, -0.1) is 0 Å². The highest BCUT2D eigenvalue weighted by Gasteiger charge is 2.43. The molecule has 0 aliphatic carbocycles. The normalized spacial score (nSPS) is 12.5. The number of hydrogen-bond donors (Lipinski definition) is 4. The van der Waals surface area contributed by atoms with Crippen molar-refractivity contribution < 1.29 is 19.7 Å². The quantitative estimate of drug-likeness (QED) is 0.268. The maximum Gasteiger partial charge on any atom is 0.308 e. The molecule has 0 spiro atoms. The van der Waals surface area contributed by atoms with Gasteiger partial charge in [-0.2, -0.15) is 0 Å². The van der Waals surface area contributed by atoms with Gasteiger partial charge >= 0.3 is 5.97 Å². The molecule has 0 saturated heterocycles. The standard InChI is InChI=1S/C13H28N2O4/c1-3-4-5-6-7-8-9-10-11(16)19-13(14,15)12(2,17)18/h17-18H,3-10,14-15H2,1-2H3. The van der Waals surface area contributed by atoms with Gasteiger partial charge in [-0.1, -0.05) is 45.4 Å². The zero-order chi connectivity index (χ0) is 14.9. The molecular weight excluding hydrogens is 248 g/mol. The summed E-state index contributed by atoms with van der Waals surface area (Å²) in [7, 11) is 0. The SMILES string of the molecule is CCCCCCCCCC(=O)OC(N)(N)C(C)(O)O. The zero-order valence-corrected chi connectivity index (χ0v) is 12.0. The van der Waals surface area contributed by atoms with Gasteiger partial charge in [0, 0.05) is 6.42 Å². The highest BCUT2D eigenvalue weighted by Crippen LogP contribution is 2.14. The Kier molecular flexibility index (Phi) is 8.17. The molecule has 6 heteroatoms. The first-order valence-electron chi connectivity index (χ1n) is 6.95. The van der Waals surface area contributed by atoms with Crippen molar-refractivity contribution in [1.82, 2.24) is 0 Å². The van der Waals surface area contributed by atoms with Crippen LogP contribution in [0.4, 0.5) is 0 Å². The molecule has 0 rings (SSSR count). The molecule has 6 N–H and O–H groups in total. The van der Waals surface area contributed by atoms with Crippen molar-refractivity contribution in [3.63, 3.8) is 0 Å². The van der Waals surface area contributed by atoms with Crippen LogP contribution in [0.2, 0.25) is 0 Å². The van der Waals surface area contributed by atoms with E-state index in [0.717, 1.165) is 19.8 Å². The van der Waals surface area contributed by atoms with E-state index in [-0.39, 0.29) is 6.42 Å². The number of carbonyl (C=O) groups is 1. The minimum atomic E-state index is -2.47. The number of unbranched alkanes of at least 4 members (excludes halogenated alkanes) is 6. The lowest BCUT2D eigenvalue weighted by Gasteiger charge is -2.33. The summed E-state index contributed by atoms with van der Waals surface area (Å²) in [6.07, 6.45) is 7.75. The second-order valence-electron chi connectivity index (χ2n) is 5.16. The molecule has 0 aromatic carbocycles. The summed E-state index contributed by atoms with van der Waals surface area (Å²) in [4.78, 5) is 11.4. The monoisotopic (exact) mass is 276 g/mol. The van der Waals surface area contributed by atoms with E-state index in [4.69, 9.17) is 11.5 Å². The summed E-state index contributed by atoms with van der Waals surface area (Å²) in [5.41, 5.74) is 10.6. The van der Waals surface area contributed by atoms with Crippen LogP contribution in [0.3, 0.4) is 0 Å². The second kappa shape index (κ2) is 8.47. The largest absolute Gasteiger partial charge is 0.425 e. The van der Waals surface area contributed by atoms with Crippen LogP contribution in [0.1, 0.15) is 65.2 Å². The Bertz CT molecular complexity index is 262. The topological polar surface area (TPSA) is 119 Å². The minimum Gasteiger partial charge on any atom is -0.425 e. The fourth-order valence-electron chi connectivity index (χ4n) is 1.56. The number of aliphatic hydroxyl groups is 2. The summed E-state index contributed by atoms with van der Waals surface area (Å²) >= 11 is 0. The molecule has 0 amide bonds. The molecule has 0 bridgehead atoms. The Labute approximate surface area is 115 Å². The van der Waals surface area contributed by atoms with Gasteiger partial charge in [0.05, 0.1) is 0 Å². The molecule has 0 aromatic heterocycles. The van der Waals surface area contributed by atoms with Crippen LogP contribution in [0.25, 0.3) is 0 Å². The van der Waals surface area contributed by atoms with Crippen molar-refractivity contribution in [2.45, 2.75) is 76.9 Å². The van der Waals surface area contributed by atoms with E-state index in [2.05, 4.69) is 11.7 Å². The minimum absolute atomic E-state index is 0.181. The Balaban J connectivity index is 3.71. The predicted octanol–water partition coefficient (Wildman–Crippen LogP) is 0.942. The summed E-state index contributed by atoms with van der Waals surface area (Å²) in [6, 6.07) is 0. The van der Waals surface area contributed by atoms with Gasteiger partial charge in [-0.25, -0.2) is 0 Å². The maximum absolute atomic E-state index is 11.4. The van der Waals surface area contributed by atoms with Gasteiger partial charge in [-0.05, 0) is 13.3 Å². The van der Waals surface area contributed by atoms with Crippen molar-refractivity contribution >= 4 is 5.97 Å². The van der Waals surface area contributed by atoms with E-state index in [1.165, 1.54) is 25.7 Å². The van der Waals surface area contributed by atoms with Crippen LogP contribution in [-0.2, 0) is 9.53 Å². The Hall–Kier alpha value is -0.690. The molecule has 6 nitrogen and oxygen atoms in total. The molecule has 0 heterocycles. The third-order valence-corrected chi connectivity index (χ3v) is 3.01. The van der Waals surface area contributed by atoms with E-state index < -0.39 is 17.6 Å². The number of rotatable bonds is 10.